The molecule has 3 nitrogen and oxygen atoms in total. The molecule has 0 amide bonds. The van der Waals surface area contributed by atoms with E-state index in [1.807, 2.05) is 29.8 Å². The van der Waals surface area contributed by atoms with Gasteiger partial charge in [-0.3, -0.25) is 0 Å². The van der Waals surface area contributed by atoms with E-state index < -0.39 is 0 Å². The van der Waals surface area contributed by atoms with Gasteiger partial charge in [-0.25, -0.2) is 4.98 Å². The first kappa shape index (κ1) is 18.6. The van der Waals surface area contributed by atoms with Crippen LogP contribution in [0.1, 0.15) is 24.4 Å². The third kappa shape index (κ3) is 4.30. The maximum absolute atomic E-state index is 6.30. The molecule has 0 spiro atoms. The van der Waals surface area contributed by atoms with E-state index in [9.17, 15) is 0 Å². The van der Waals surface area contributed by atoms with Crippen LogP contribution in [-0.2, 0) is 11.3 Å². The number of halogens is 4. The van der Waals surface area contributed by atoms with Crippen LogP contribution >= 0.6 is 46.4 Å². The van der Waals surface area contributed by atoms with Gasteiger partial charge in [-0.15, -0.1) is 0 Å². The lowest BCUT2D eigenvalue weighted by molar-refractivity contribution is 0.0459. The highest BCUT2D eigenvalue weighted by Crippen LogP contribution is 2.29. The molecule has 7 heteroatoms. The van der Waals surface area contributed by atoms with Crippen LogP contribution in [0.3, 0.4) is 0 Å². The molecule has 0 aliphatic rings. The fraction of sp³-hybridized carbons (Fsp3) is 0.167. The van der Waals surface area contributed by atoms with Crippen molar-refractivity contribution in [3.05, 3.63) is 80.3 Å². The molecule has 3 rings (SSSR count). The van der Waals surface area contributed by atoms with Crippen molar-refractivity contribution in [2.45, 2.75) is 19.6 Å². The number of hydrogen-bond acceptors (Lipinski definition) is 2. The molecule has 25 heavy (non-hydrogen) atoms. The van der Waals surface area contributed by atoms with Gasteiger partial charge in [0, 0.05) is 27.5 Å². The first-order chi connectivity index (χ1) is 12.0. The third-order valence-corrected chi connectivity index (χ3v) is 4.83. The summed E-state index contributed by atoms with van der Waals surface area (Å²) in [6, 6.07) is 10.7. The molecule has 0 bridgehead atoms. The first-order valence-electron chi connectivity index (χ1n) is 7.50. The smallest absolute Gasteiger partial charge is 0.142 e. The van der Waals surface area contributed by atoms with E-state index in [0.29, 0.717) is 26.7 Å². The second kappa shape index (κ2) is 7.98. The Balaban J connectivity index is 1.79. The molecule has 0 saturated heterocycles. The summed E-state index contributed by atoms with van der Waals surface area (Å²) in [7, 11) is 0. The van der Waals surface area contributed by atoms with Crippen LogP contribution in [0.15, 0.2) is 48.8 Å². The van der Waals surface area contributed by atoms with Gasteiger partial charge in [-0.2, -0.15) is 0 Å². The molecule has 2 aromatic carbocycles. The maximum atomic E-state index is 6.30. The van der Waals surface area contributed by atoms with Gasteiger partial charge in [0.25, 0.3) is 0 Å². The highest BCUT2D eigenvalue weighted by molar-refractivity contribution is 6.36. The minimum Gasteiger partial charge on any atom is -0.366 e. The van der Waals surface area contributed by atoms with Crippen LogP contribution < -0.4 is 0 Å². The zero-order valence-corrected chi connectivity index (χ0v) is 16.2. The topological polar surface area (TPSA) is 27.1 Å². The van der Waals surface area contributed by atoms with E-state index in [-0.39, 0.29) is 6.10 Å². The van der Waals surface area contributed by atoms with E-state index in [1.54, 1.807) is 30.5 Å². The summed E-state index contributed by atoms with van der Waals surface area (Å²) < 4.78 is 7.82. The van der Waals surface area contributed by atoms with Gasteiger partial charge >= 0.3 is 0 Å². The van der Waals surface area contributed by atoms with E-state index in [2.05, 4.69) is 4.98 Å². The molecule has 0 aliphatic heterocycles. The van der Waals surface area contributed by atoms with Crippen molar-refractivity contribution in [2.24, 2.45) is 0 Å². The Morgan fingerprint density at radius 3 is 2.36 bits per heavy atom. The number of aromatic nitrogens is 2. The Bertz CT molecular complexity index is 895. The molecule has 3 aromatic rings. The Hall–Kier alpha value is -1.23. The van der Waals surface area contributed by atoms with Gasteiger partial charge in [-0.05, 0) is 42.8 Å². The predicted molar refractivity (Wildman–Crippen MR) is 103 cm³/mol. The number of hydrogen-bond donors (Lipinski definition) is 0. The summed E-state index contributed by atoms with van der Waals surface area (Å²) in [6.07, 6.45) is 3.27. The lowest BCUT2D eigenvalue weighted by Crippen LogP contribution is -2.09. The summed E-state index contributed by atoms with van der Waals surface area (Å²) in [5.74, 6) is 0.731. The van der Waals surface area contributed by atoms with Gasteiger partial charge in [0.2, 0.25) is 0 Å². The van der Waals surface area contributed by atoms with Crippen molar-refractivity contribution < 1.29 is 4.74 Å². The molecular weight excluding hydrogens is 402 g/mol. The van der Waals surface area contributed by atoms with Crippen LogP contribution in [0, 0.1) is 0 Å². The molecule has 0 radical (unpaired) electrons. The Labute approximate surface area is 166 Å². The summed E-state index contributed by atoms with van der Waals surface area (Å²) in [5.41, 5.74) is 1.65. The van der Waals surface area contributed by atoms with Crippen molar-refractivity contribution in [3.63, 3.8) is 0 Å². The zero-order chi connectivity index (χ0) is 18.0. The average Bonchev–Trinajstić information content (AvgIpc) is 3.03. The highest BCUT2D eigenvalue weighted by atomic mass is 35.5. The molecule has 0 fully saturated rings. The van der Waals surface area contributed by atoms with Gasteiger partial charge < -0.3 is 9.30 Å². The van der Waals surface area contributed by atoms with Gasteiger partial charge in [0.15, 0.2) is 0 Å². The minimum atomic E-state index is -0.270. The van der Waals surface area contributed by atoms with Crippen molar-refractivity contribution in [1.82, 2.24) is 9.55 Å². The molecule has 1 atom stereocenters. The first-order valence-corrected chi connectivity index (χ1v) is 9.01. The van der Waals surface area contributed by atoms with Crippen LogP contribution in [0.4, 0.5) is 0 Å². The molecule has 0 saturated carbocycles. The second-order valence-electron chi connectivity index (χ2n) is 5.44. The summed E-state index contributed by atoms with van der Waals surface area (Å²) in [6.45, 7) is 2.27. The van der Waals surface area contributed by atoms with Crippen LogP contribution in [0.25, 0.3) is 5.69 Å². The fourth-order valence-corrected chi connectivity index (χ4v) is 3.39. The van der Waals surface area contributed by atoms with Crippen molar-refractivity contribution in [3.8, 4) is 5.69 Å². The van der Waals surface area contributed by atoms with Crippen molar-refractivity contribution in [1.29, 1.82) is 0 Å². The summed E-state index contributed by atoms with van der Waals surface area (Å²) in [5, 5.41) is 2.29. The molecule has 0 aliphatic carbocycles. The van der Waals surface area contributed by atoms with Crippen LogP contribution in [0.5, 0.6) is 0 Å². The molecule has 0 N–H and O–H groups in total. The number of nitrogens with zero attached hydrogens (tertiary/aromatic N) is 2. The molecule has 1 heterocycles. The summed E-state index contributed by atoms with van der Waals surface area (Å²) >= 11 is 24.4. The van der Waals surface area contributed by atoms with Crippen LogP contribution in [0.2, 0.25) is 20.1 Å². The summed E-state index contributed by atoms with van der Waals surface area (Å²) in [4.78, 5) is 4.40. The van der Waals surface area contributed by atoms with Crippen molar-refractivity contribution in [2.75, 3.05) is 0 Å². The quantitative estimate of drug-likeness (QED) is 0.460. The Kier molecular flexibility index (Phi) is 5.92. The second-order valence-corrected chi connectivity index (χ2v) is 7.13. The average molecular weight is 416 g/mol. The Morgan fingerprint density at radius 2 is 1.68 bits per heavy atom. The minimum absolute atomic E-state index is 0.270. The molecule has 130 valence electrons. The SMILES string of the molecule is CC(OCc1ccc(Cl)cc1Cl)c1nccn1-c1ccc(Cl)cc1Cl. The Morgan fingerprint density at radius 1 is 1.00 bits per heavy atom. The lowest BCUT2D eigenvalue weighted by Gasteiger charge is -2.16. The molecular formula is C18H14Cl4N2O. The van der Waals surface area contributed by atoms with E-state index in [0.717, 1.165) is 17.1 Å². The number of ether oxygens (including phenoxy) is 1. The fourth-order valence-electron chi connectivity index (χ4n) is 2.42. The predicted octanol–water partition coefficient (Wildman–Crippen LogP) is 6.76. The van der Waals surface area contributed by atoms with Gasteiger partial charge in [-0.1, -0.05) is 52.5 Å². The number of rotatable bonds is 5. The standard InChI is InChI=1S/C18H14Cl4N2O/c1-11(25-10-12-2-3-13(19)8-15(12)21)18-23-6-7-24(18)17-5-4-14(20)9-16(17)22/h2-9,11H,10H2,1H3. The highest BCUT2D eigenvalue weighted by Gasteiger charge is 2.16. The van der Waals surface area contributed by atoms with E-state index in [4.69, 9.17) is 51.1 Å². The van der Waals surface area contributed by atoms with Gasteiger partial charge in [0.1, 0.15) is 11.9 Å². The van der Waals surface area contributed by atoms with E-state index in [1.165, 1.54) is 0 Å². The van der Waals surface area contributed by atoms with Gasteiger partial charge in [0.05, 0.1) is 17.3 Å². The normalized spacial score (nSPS) is 12.4. The van der Waals surface area contributed by atoms with Crippen LogP contribution in [-0.4, -0.2) is 9.55 Å². The lowest BCUT2D eigenvalue weighted by atomic mass is 10.2. The largest absolute Gasteiger partial charge is 0.366 e. The van der Waals surface area contributed by atoms with Crippen molar-refractivity contribution >= 4 is 46.4 Å². The van der Waals surface area contributed by atoms with E-state index >= 15 is 0 Å². The zero-order valence-electron chi connectivity index (χ0n) is 13.2. The molecule has 1 unspecified atom stereocenters. The number of imidazole rings is 1. The third-order valence-electron chi connectivity index (χ3n) is 3.71. The maximum Gasteiger partial charge on any atom is 0.142 e. The molecule has 1 aromatic heterocycles. The number of benzene rings is 2. The monoisotopic (exact) mass is 414 g/mol.